The summed E-state index contributed by atoms with van der Waals surface area (Å²) in [6, 6.07) is 4.94. The molecule has 2 N–H and O–H groups in total. The van der Waals surface area contributed by atoms with E-state index in [0.717, 1.165) is 23.1 Å². The summed E-state index contributed by atoms with van der Waals surface area (Å²) in [5, 5.41) is 4.69. The van der Waals surface area contributed by atoms with Crippen molar-refractivity contribution in [2.75, 3.05) is 6.54 Å². The first-order valence-electron chi connectivity index (χ1n) is 5.68. The Morgan fingerprint density at radius 3 is 3.19 bits per heavy atom. The van der Waals surface area contributed by atoms with Gasteiger partial charge in [-0.15, -0.1) is 0 Å². The van der Waals surface area contributed by atoms with Crippen molar-refractivity contribution in [1.82, 2.24) is 15.3 Å². The zero-order valence-electron chi connectivity index (χ0n) is 8.96. The molecule has 0 aromatic carbocycles. The predicted octanol–water partition coefficient (Wildman–Crippen LogP) is 2.62. The first kappa shape index (κ1) is 10.3. The van der Waals surface area contributed by atoms with Gasteiger partial charge >= 0.3 is 0 Å². The summed E-state index contributed by atoms with van der Waals surface area (Å²) < 4.78 is 1.03. The monoisotopic (exact) mass is 279 g/mol. The van der Waals surface area contributed by atoms with Gasteiger partial charge in [-0.05, 0) is 47.4 Å². The minimum atomic E-state index is 0.636. The van der Waals surface area contributed by atoms with Crippen LogP contribution in [0.3, 0.4) is 0 Å². The van der Waals surface area contributed by atoms with E-state index in [9.17, 15) is 0 Å². The molecule has 1 aliphatic rings. The van der Waals surface area contributed by atoms with Crippen LogP contribution in [0.5, 0.6) is 0 Å². The Balaban J connectivity index is 1.86. The lowest BCUT2D eigenvalue weighted by Gasteiger charge is -2.07. The minimum Gasteiger partial charge on any atom is -0.343 e. The highest BCUT2D eigenvalue weighted by atomic mass is 79.9. The SMILES string of the molecule is Brc1cnc2[nH]c(C[C@@H]3CCCN3)cc2c1. The fourth-order valence-corrected chi connectivity index (χ4v) is 2.70. The van der Waals surface area contributed by atoms with E-state index >= 15 is 0 Å². The van der Waals surface area contributed by atoms with E-state index in [1.54, 1.807) is 0 Å². The van der Waals surface area contributed by atoms with Crippen molar-refractivity contribution < 1.29 is 0 Å². The van der Waals surface area contributed by atoms with Crippen LogP contribution < -0.4 is 5.32 Å². The molecule has 1 aliphatic heterocycles. The lowest BCUT2D eigenvalue weighted by Crippen LogP contribution is -2.23. The molecular weight excluding hydrogens is 266 g/mol. The zero-order valence-corrected chi connectivity index (χ0v) is 10.5. The number of hydrogen-bond donors (Lipinski definition) is 2. The van der Waals surface area contributed by atoms with E-state index in [2.05, 4.69) is 43.3 Å². The molecule has 84 valence electrons. The van der Waals surface area contributed by atoms with Crippen molar-refractivity contribution >= 4 is 27.0 Å². The van der Waals surface area contributed by atoms with Crippen LogP contribution in [-0.4, -0.2) is 22.6 Å². The van der Waals surface area contributed by atoms with Gasteiger partial charge in [0.05, 0.1) is 0 Å². The maximum absolute atomic E-state index is 4.35. The third kappa shape index (κ3) is 1.99. The standard InChI is InChI=1S/C12H14BrN3/c13-9-4-8-5-11(16-12(8)15-7-9)6-10-2-1-3-14-10/h4-5,7,10,14H,1-3,6H2,(H,15,16)/t10-/m0/s1. The second kappa shape index (κ2) is 4.18. The van der Waals surface area contributed by atoms with Crippen molar-refractivity contribution in [3.63, 3.8) is 0 Å². The van der Waals surface area contributed by atoms with E-state index in [1.807, 2.05) is 6.20 Å². The molecule has 1 saturated heterocycles. The highest BCUT2D eigenvalue weighted by molar-refractivity contribution is 9.10. The molecule has 0 radical (unpaired) electrons. The van der Waals surface area contributed by atoms with Gasteiger partial charge < -0.3 is 10.3 Å². The topological polar surface area (TPSA) is 40.7 Å². The molecule has 3 rings (SSSR count). The van der Waals surface area contributed by atoms with Crippen LogP contribution in [0.15, 0.2) is 22.8 Å². The first-order chi connectivity index (χ1) is 7.81. The van der Waals surface area contributed by atoms with Crippen molar-refractivity contribution in [3.8, 4) is 0 Å². The van der Waals surface area contributed by atoms with Crippen LogP contribution in [-0.2, 0) is 6.42 Å². The van der Waals surface area contributed by atoms with Crippen molar-refractivity contribution in [3.05, 3.63) is 28.5 Å². The quantitative estimate of drug-likeness (QED) is 0.887. The Labute approximate surface area is 103 Å². The number of rotatable bonds is 2. The molecule has 0 bridgehead atoms. The van der Waals surface area contributed by atoms with Gasteiger partial charge in [0, 0.05) is 34.2 Å². The summed E-state index contributed by atoms with van der Waals surface area (Å²) in [7, 11) is 0. The van der Waals surface area contributed by atoms with Crippen LogP contribution in [0.2, 0.25) is 0 Å². The van der Waals surface area contributed by atoms with Gasteiger partial charge in [0.25, 0.3) is 0 Å². The summed E-state index contributed by atoms with van der Waals surface area (Å²) in [5.41, 5.74) is 2.26. The Bertz CT molecular complexity index is 500. The molecule has 0 saturated carbocycles. The molecule has 0 unspecified atom stereocenters. The lowest BCUT2D eigenvalue weighted by molar-refractivity contribution is 0.597. The number of H-pyrrole nitrogens is 1. The van der Waals surface area contributed by atoms with Crippen LogP contribution in [0.4, 0.5) is 0 Å². The third-order valence-corrected chi connectivity index (χ3v) is 3.55. The summed E-state index contributed by atoms with van der Waals surface area (Å²) >= 11 is 3.44. The molecular formula is C12H14BrN3. The van der Waals surface area contributed by atoms with Crippen LogP contribution >= 0.6 is 15.9 Å². The summed E-state index contributed by atoms with van der Waals surface area (Å²) in [6.45, 7) is 1.16. The van der Waals surface area contributed by atoms with Crippen LogP contribution in [0.1, 0.15) is 18.5 Å². The second-order valence-electron chi connectivity index (χ2n) is 4.38. The number of nitrogens with zero attached hydrogens (tertiary/aromatic N) is 1. The van der Waals surface area contributed by atoms with Gasteiger partial charge in [0.1, 0.15) is 5.65 Å². The van der Waals surface area contributed by atoms with Gasteiger partial charge in [0.2, 0.25) is 0 Å². The fraction of sp³-hybridized carbons (Fsp3) is 0.417. The van der Waals surface area contributed by atoms with Crippen molar-refractivity contribution in [1.29, 1.82) is 0 Å². The van der Waals surface area contributed by atoms with E-state index in [4.69, 9.17) is 0 Å². The second-order valence-corrected chi connectivity index (χ2v) is 5.30. The smallest absolute Gasteiger partial charge is 0.137 e. The third-order valence-electron chi connectivity index (χ3n) is 3.12. The predicted molar refractivity (Wildman–Crippen MR) is 68.5 cm³/mol. The van der Waals surface area contributed by atoms with Crippen LogP contribution in [0, 0.1) is 0 Å². The molecule has 16 heavy (non-hydrogen) atoms. The molecule has 0 aliphatic carbocycles. The minimum absolute atomic E-state index is 0.636. The molecule has 4 heteroatoms. The molecule has 0 spiro atoms. The molecule has 3 heterocycles. The maximum atomic E-state index is 4.35. The number of fused-ring (bicyclic) bond motifs is 1. The highest BCUT2D eigenvalue weighted by Crippen LogP contribution is 2.20. The van der Waals surface area contributed by atoms with E-state index < -0.39 is 0 Å². The zero-order chi connectivity index (χ0) is 11.0. The number of aromatic nitrogens is 2. The Morgan fingerprint density at radius 2 is 2.38 bits per heavy atom. The van der Waals surface area contributed by atoms with E-state index in [-0.39, 0.29) is 0 Å². The number of aromatic amines is 1. The largest absolute Gasteiger partial charge is 0.343 e. The molecule has 3 nitrogen and oxygen atoms in total. The summed E-state index contributed by atoms with van der Waals surface area (Å²) in [5.74, 6) is 0. The van der Waals surface area contributed by atoms with Crippen LogP contribution in [0.25, 0.3) is 11.0 Å². The van der Waals surface area contributed by atoms with Gasteiger partial charge in [0.15, 0.2) is 0 Å². The van der Waals surface area contributed by atoms with E-state index in [1.165, 1.54) is 23.9 Å². The first-order valence-corrected chi connectivity index (χ1v) is 6.47. The molecule has 1 atom stereocenters. The number of pyridine rings is 1. The average Bonchev–Trinajstić information content (AvgIpc) is 2.86. The summed E-state index contributed by atoms with van der Waals surface area (Å²) in [6.07, 6.45) is 5.49. The van der Waals surface area contributed by atoms with Gasteiger partial charge in [-0.3, -0.25) is 0 Å². The van der Waals surface area contributed by atoms with Gasteiger partial charge in [-0.2, -0.15) is 0 Å². The molecule has 1 fully saturated rings. The highest BCUT2D eigenvalue weighted by Gasteiger charge is 2.15. The maximum Gasteiger partial charge on any atom is 0.137 e. The van der Waals surface area contributed by atoms with Crippen molar-refractivity contribution in [2.45, 2.75) is 25.3 Å². The summed E-state index contributed by atoms with van der Waals surface area (Å²) in [4.78, 5) is 7.73. The Hall–Kier alpha value is -0.870. The molecule has 2 aromatic heterocycles. The average molecular weight is 280 g/mol. The Kier molecular flexibility index (Phi) is 2.69. The fourth-order valence-electron chi connectivity index (χ4n) is 2.35. The lowest BCUT2D eigenvalue weighted by atomic mass is 10.1. The number of hydrogen-bond acceptors (Lipinski definition) is 2. The number of halogens is 1. The molecule has 2 aromatic rings. The van der Waals surface area contributed by atoms with Gasteiger partial charge in [-0.25, -0.2) is 4.98 Å². The number of nitrogens with one attached hydrogen (secondary N) is 2. The van der Waals surface area contributed by atoms with Gasteiger partial charge in [-0.1, -0.05) is 0 Å². The van der Waals surface area contributed by atoms with E-state index in [0.29, 0.717) is 6.04 Å². The Morgan fingerprint density at radius 1 is 1.44 bits per heavy atom. The molecule has 0 amide bonds. The normalized spacial score (nSPS) is 20.7. The van der Waals surface area contributed by atoms with Crippen molar-refractivity contribution in [2.24, 2.45) is 0 Å².